The number of benzene rings is 1. The highest BCUT2D eigenvalue weighted by Crippen LogP contribution is 2.29. The van der Waals surface area contributed by atoms with E-state index in [-0.39, 0.29) is 0 Å². The lowest BCUT2D eigenvalue weighted by Gasteiger charge is -2.07. The first-order chi connectivity index (χ1) is 8.61. The molecule has 0 fully saturated rings. The third-order valence-corrected chi connectivity index (χ3v) is 3.60. The van der Waals surface area contributed by atoms with Crippen molar-refractivity contribution in [2.45, 2.75) is 26.3 Å². The molecule has 0 aliphatic carbocycles. The summed E-state index contributed by atoms with van der Waals surface area (Å²) in [7, 11) is 1.95. The zero-order chi connectivity index (χ0) is 13.1. The molecule has 1 unspecified atom stereocenters. The SMILES string of the molecule is CNC(C)Cc1ccc(-c2cccc(Cl)c2C)o1. The normalized spacial score (nSPS) is 12.7. The van der Waals surface area contributed by atoms with Crippen molar-refractivity contribution in [1.29, 1.82) is 0 Å². The molecule has 0 aliphatic heterocycles. The third-order valence-electron chi connectivity index (χ3n) is 3.19. The zero-order valence-corrected chi connectivity index (χ0v) is 11.7. The van der Waals surface area contributed by atoms with Crippen molar-refractivity contribution in [3.63, 3.8) is 0 Å². The van der Waals surface area contributed by atoms with Gasteiger partial charge in [-0.05, 0) is 44.7 Å². The fraction of sp³-hybridized carbons (Fsp3) is 0.333. The van der Waals surface area contributed by atoms with Gasteiger partial charge in [0, 0.05) is 23.0 Å². The largest absolute Gasteiger partial charge is 0.461 e. The highest BCUT2D eigenvalue weighted by atomic mass is 35.5. The van der Waals surface area contributed by atoms with Crippen molar-refractivity contribution in [3.05, 3.63) is 46.7 Å². The maximum absolute atomic E-state index is 6.13. The molecule has 0 bridgehead atoms. The topological polar surface area (TPSA) is 25.2 Å². The molecule has 1 N–H and O–H groups in total. The first-order valence-corrected chi connectivity index (χ1v) is 6.51. The molecule has 1 aromatic carbocycles. The molecule has 2 aromatic rings. The van der Waals surface area contributed by atoms with Crippen LogP contribution in [0, 0.1) is 6.92 Å². The van der Waals surface area contributed by atoms with Gasteiger partial charge in [0.1, 0.15) is 11.5 Å². The Balaban J connectivity index is 2.27. The molecule has 0 saturated heterocycles. The van der Waals surface area contributed by atoms with E-state index in [0.29, 0.717) is 6.04 Å². The van der Waals surface area contributed by atoms with Gasteiger partial charge in [0.25, 0.3) is 0 Å². The summed E-state index contributed by atoms with van der Waals surface area (Å²) in [5.41, 5.74) is 2.12. The fourth-order valence-corrected chi connectivity index (χ4v) is 2.09. The second-order valence-electron chi connectivity index (χ2n) is 4.57. The molecule has 1 atom stereocenters. The Kier molecular flexibility index (Phi) is 4.10. The van der Waals surface area contributed by atoms with Crippen LogP contribution < -0.4 is 5.32 Å². The van der Waals surface area contributed by atoms with Crippen molar-refractivity contribution in [1.82, 2.24) is 5.32 Å². The van der Waals surface area contributed by atoms with Gasteiger partial charge in [-0.15, -0.1) is 0 Å². The van der Waals surface area contributed by atoms with Gasteiger partial charge < -0.3 is 9.73 Å². The summed E-state index contributed by atoms with van der Waals surface area (Å²) in [6, 6.07) is 10.3. The highest BCUT2D eigenvalue weighted by Gasteiger charge is 2.10. The van der Waals surface area contributed by atoms with E-state index in [2.05, 4.69) is 12.2 Å². The molecule has 0 saturated carbocycles. The summed E-state index contributed by atoms with van der Waals surface area (Å²) in [6.07, 6.45) is 0.885. The quantitative estimate of drug-likeness (QED) is 0.900. The lowest BCUT2D eigenvalue weighted by atomic mass is 10.1. The Labute approximate surface area is 113 Å². The predicted molar refractivity (Wildman–Crippen MR) is 76.1 cm³/mol. The summed E-state index contributed by atoms with van der Waals surface area (Å²) in [6.45, 7) is 4.14. The van der Waals surface area contributed by atoms with Crippen LogP contribution in [0.5, 0.6) is 0 Å². The van der Waals surface area contributed by atoms with Crippen molar-refractivity contribution >= 4 is 11.6 Å². The number of likely N-dealkylation sites (N-methyl/N-ethyl adjacent to an activating group) is 1. The van der Waals surface area contributed by atoms with Crippen LogP contribution in [-0.2, 0) is 6.42 Å². The molecule has 0 amide bonds. The molecule has 1 aromatic heterocycles. The van der Waals surface area contributed by atoms with Crippen LogP contribution in [0.15, 0.2) is 34.7 Å². The van der Waals surface area contributed by atoms with Crippen LogP contribution >= 0.6 is 11.6 Å². The van der Waals surface area contributed by atoms with Crippen LogP contribution in [0.25, 0.3) is 11.3 Å². The second kappa shape index (κ2) is 5.59. The van der Waals surface area contributed by atoms with Gasteiger partial charge in [-0.2, -0.15) is 0 Å². The summed E-state index contributed by atoms with van der Waals surface area (Å²) in [4.78, 5) is 0. The van der Waals surface area contributed by atoms with E-state index in [0.717, 1.165) is 34.1 Å². The van der Waals surface area contributed by atoms with Crippen LogP contribution in [0.4, 0.5) is 0 Å². The van der Waals surface area contributed by atoms with Crippen LogP contribution in [0.2, 0.25) is 5.02 Å². The molecular formula is C15H18ClNO. The van der Waals surface area contributed by atoms with Gasteiger partial charge in [0.2, 0.25) is 0 Å². The Bertz CT molecular complexity index is 533. The monoisotopic (exact) mass is 263 g/mol. The second-order valence-corrected chi connectivity index (χ2v) is 4.98. The lowest BCUT2D eigenvalue weighted by Crippen LogP contribution is -2.23. The van der Waals surface area contributed by atoms with Gasteiger partial charge >= 0.3 is 0 Å². The van der Waals surface area contributed by atoms with Crippen LogP contribution in [-0.4, -0.2) is 13.1 Å². The molecule has 0 spiro atoms. The van der Waals surface area contributed by atoms with Crippen molar-refractivity contribution in [3.8, 4) is 11.3 Å². The smallest absolute Gasteiger partial charge is 0.134 e. The van der Waals surface area contributed by atoms with E-state index >= 15 is 0 Å². The highest BCUT2D eigenvalue weighted by molar-refractivity contribution is 6.31. The molecule has 0 aliphatic rings. The van der Waals surface area contributed by atoms with Gasteiger partial charge in [0.05, 0.1) is 0 Å². The van der Waals surface area contributed by atoms with Crippen molar-refractivity contribution in [2.24, 2.45) is 0 Å². The molecular weight excluding hydrogens is 246 g/mol. The molecule has 1 heterocycles. The van der Waals surface area contributed by atoms with Crippen molar-refractivity contribution < 1.29 is 4.42 Å². The molecule has 2 nitrogen and oxygen atoms in total. The number of rotatable bonds is 4. The Morgan fingerprint density at radius 1 is 1.28 bits per heavy atom. The number of nitrogens with one attached hydrogen (secondary N) is 1. The minimum absolute atomic E-state index is 0.407. The van der Waals surface area contributed by atoms with E-state index < -0.39 is 0 Å². The minimum atomic E-state index is 0.407. The zero-order valence-electron chi connectivity index (χ0n) is 11.0. The molecule has 96 valence electrons. The van der Waals surface area contributed by atoms with Crippen LogP contribution in [0.1, 0.15) is 18.2 Å². The molecule has 0 radical (unpaired) electrons. The predicted octanol–water partition coefficient (Wildman–Crippen LogP) is 4.06. The summed E-state index contributed by atoms with van der Waals surface area (Å²) < 4.78 is 5.88. The Morgan fingerprint density at radius 3 is 2.78 bits per heavy atom. The third kappa shape index (κ3) is 2.77. The first kappa shape index (κ1) is 13.2. The van der Waals surface area contributed by atoms with Crippen molar-refractivity contribution in [2.75, 3.05) is 7.05 Å². The number of furan rings is 1. The number of hydrogen-bond acceptors (Lipinski definition) is 2. The minimum Gasteiger partial charge on any atom is -0.461 e. The summed E-state index contributed by atoms with van der Waals surface area (Å²) in [5.74, 6) is 1.87. The fourth-order valence-electron chi connectivity index (χ4n) is 1.91. The maximum Gasteiger partial charge on any atom is 0.134 e. The Morgan fingerprint density at radius 2 is 2.06 bits per heavy atom. The molecule has 3 heteroatoms. The van der Waals surface area contributed by atoms with Gasteiger partial charge in [-0.25, -0.2) is 0 Å². The molecule has 18 heavy (non-hydrogen) atoms. The van der Waals surface area contributed by atoms with Gasteiger partial charge in [-0.1, -0.05) is 23.7 Å². The van der Waals surface area contributed by atoms with E-state index in [1.54, 1.807) is 0 Å². The van der Waals surface area contributed by atoms with Gasteiger partial charge in [-0.3, -0.25) is 0 Å². The number of hydrogen-bond donors (Lipinski definition) is 1. The van der Waals surface area contributed by atoms with E-state index in [4.69, 9.17) is 16.0 Å². The van der Waals surface area contributed by atoms with Gasteiger partial charge in [0.15, 0.2) is 0 Å². The average Bonchev–Trinajstić information content (AvgIpc) is 2.80. The lowest BCUT2D eigenvalue weighted by molar-refractivity contribution is 0.481. The maximum atomic E-state index is 6.13. The Hall–Kier alpha value is -1.25. The average molecular weight is 264 g/mol. The summed E-state index contributed by atoms with van der Waals surface area (Å²) in [5, 5.41) is 3.97. The van der Waals surface area contributed by atoms with E-state index in [9.17, 15) is 0 Å². The van der Waals surface area contributed by atoms with E-state index in [1.807, 2.05) is 44.3 Å². The number of halogens is 1. The van der Waals surface area contributed by atoms with Crippen LogP contribution in [0.3, 0.4) is 0 Å². The first-order valence-electron chi connectivity index (χ1n) is 6.13. The molecule has 2 rings (SSSR count). The van der Waals surface area contributed by atoms with E-state index in [1.165, 1.54) is 0 Å². The summed E-state index contributed by atoms with van der Waals surface area (Å²) >= 11 is 6.13. The standard InChI is InChI=1S/C15H18ClNO/c1-10(17-3)9-12-7-8-15(18-12)13-5-4-6-14(16)11(13)2/h4-8,10,17H,9H2,1-3H3.